The molecule has 6 nitrogen and oxygen atoms in total. The van der Waals surface area contributed by atoms with Gasteiger partial charge in [0, 0.05) is 29.2 Å². The number of Topliss-reactive ketones (excluding diaryl/α,β-unsaturated/α-hetero) is 2. The lowest BCUT2D eigenvalue weighted by Crippen LogP contribution is -2.57. The summed E-state index contributed by atoms with van der Waals surface area (Å²) < 4.78 is 0. The summed E-state index contributed by atoms with van der Waals surface area (Å²) in [5.41, 5.74) is 0.196. The minimum Gasteiger partial charge on any atom is -0.545 e. The van der Waals surface area contributed by atoms with E-state index in [1.807, 2.05) is 13.8 Å². The van der Waals surface area contributed by atoms with E-state index in [0.29, 0.717) is 25.7 Å². The van der Waals surface area contributed by atoms with Crippen molar-refractivity contribution >= 4 is 17.5 Å². The number of carboxylic acids is 1. The normalized spacial score (nSPS) is 41.9. The zero-order chi connectivity index (χ0) is 27.0. The lowest BCUT2D eigenvalue weighted by Gasteiger charge is -2.60. The molecule has 2 fully saturated rings. The van der Waals surface area contributed by atoms with Crippen LogP contribution in [0, 0.1) is 39.4 Å². The molecule has 200 valence electrons. The van der Waals surface area contributed by atoms with Crippen LogP contribution in [0.1, 0.15) is 93.4 Å². The Bertz CT molecular complexity index is 1050. The van der Waals surface area contributed by atoms with Gasteiger partial charge in [-0.15, -0.1) is 0 Å². The van der Waals surface area contributed by atoms with Crippen LogP contribution in [-0.2, 0) is 14.4 Å². The summed E-state index contributed by atoms with van der Waals surface area (Å²) in [6.07, 6.45) is 3.90. The van der Waals surface area contributed by atoms with Crippen LogP contribution in [-0.4, -0.2) is 40.0 Å². The summed E-state index contributed by atoms with van der Waals surface area (Å²) in [6.45, 7) is 14.0. The Labute approximate surface area is 215 Å². The van der Waals surface area contributed by atoms with Crippen molar-refractivity contribution in [3.05, 3.63) is 22.8 Å². The van der Waals surface area contributed by atoms with Crippen molar-refractivity contribution in [1.82, 2.24) is 0 Å². The molecule has 36 heavy (non-hydrogen) atoms. The third kappa shape index (κ3) is 3.61. The number of allylic oxidation sites excluding steroid dienone is 1. The molecule has 0 saturated heterocycles. The molecule has 1 unspecified atom stereocenters. The first-order chi connectivity index (χ1) is 16.5. The molecule has 6 heteroatoms. The Morgan fingerprint density at radius 2 is 1.78 bits per heavy atom. The Kier molecular flexibility index (Phi) is 6.53. The predicted molar refractivity (Wildman–Crippen MR) is 134 cm³/mol. The lowest BCUT2D eigenvalue weighted by atomic mass is 9.43. The Hall–Kier alpha value is -1.79. The SMILES string of the molecule is C/C(=C\[C@@H](O)C[C@@H](C)[C@H]1C[C@H](O)[C@@]2(C)C3=C(CC[C@]12C)[C@@]1(C)CCC(=O)C(C)(C)C1CC3=O)C(=O)[O-]. The summed E-state index contributed by atoms with van der Waals surface area (Å²) in [4.78, 5) is 37.8. The molecule has 0 aromatic carbocycles. The molecule has 4 aliphatic rings. The van der Waals surface area contributed by atoms with Crippen LogP contribution >= 0.6 is 0 Å². The highest BCUT2D eigenvalue weighted by atomic mass is 16.4. The zero-order valence-electron chi connectivity index (χ0n) is 22.9. The van der Waals surface area contributed by atoms with Gasteiger partial charge in [0.15, 0.2) is 5.78 Å². The number of carbonyl (C=O) groups is 3. The molecule has 0 radical (unpaired) electrons. The molecule has 8 atom stereocenters. The summed E-state index contributed by atoms with van der Waals surface area (Å²) >= 11 is 0. The van der Waals surface area contributed by atoms with Gasteiger partial charge in [0.1, 0.15) is 5.78 Å². The van der Waals surface area contributed by atoms with Gasteiger partial charge in [-0.25, -0.2) is 0 Å². The number of carbonyl (C=O) groups excluding carboxylic acids is 3. The van der Waals surface area contributed by atoms with Crippen molar-refractivity contribution in [3.8, 4) is 0 Å². The molecule has 0 amide bonds. The molecule has 2 N–H and O–H groups in total. The van der Waals surface area contributed by atoms with E-state index in [1.54, 1.807) is 0 Å². The molecule has 0 aromatic rings. The van der Waals surface area contributed by atoms with Crippen LogP contribution in [0.25, 0.3) is 0 Å². The van der Waals surface area contributed by atoms with E-state index in [4.69, 9.17) is 0 Å². The van der Waals surface area contributed by atoms with Gasteiger partial charge >= 0.3 is 0 Å². The van der Waals surface area contributed by atoms with Crippen LogP contribution in [0.3, 0.4) is 0 Å². The molecular formula is C30H43O6-. The number of fused-ring (bicyclic) bond motifs is 4. The Morgan fingerprint density at radius 3 is 2.39 bits per heavy atom. The summed E-state index contributed by atoms with van der Waals surface area (Å²) in [5, 5.41) is 33.2. The molecule has 0 heterocycles. The number of carboxylic acid groups (broad SMARTS) is 1. The van der Waals surface area contributed by atoms with Gasteiger partial charge in [-0.2, -0.15) is 0 Å². The monoisotopic (exact) mass is 499 g/mol. The van der Waals surface area contributed by atoms with E-state index >= 15 is 0 Å². The van der Waals surface area contributed by atoms with Crippen molar-refractivity contribution in [3.63, 3.8) is 0 Å². The second-order valence-corrected chi connectivity index (χ2v) is 13.5. The minimum absolute atomic E-state index is 0.00848. The molecule has 0 aromatic heterocycles. The lowest BCUT2D eigenvalue weighted by molar-refractivity contribution is -0.299. The number of aliphatic hydroxyl groups is 2. The first-order valence-electron chi connectivity index (χ1n) is 13.6. The van der Waals surface area contributed by atoms with E-state index in [1.165, 1.54) is 18.6 Å². The highest BCUT2D eigenvalue weighted by Crippen LogP contribution is 2.71. The molecule has 0 aliphatic heterocycles. The third-order valence-electron chi connectivity index (χ3n) is 11.5. The second kappa shape index (κ2) is 8.62. The van der Waals surface area contributed by atoms with E-state index in [9.17, 15) is 29.7 Å². The largest absolute Gasteiger partial charge is 0.545 e. The Morgan fingerprint density at radius 1 is 1.14 bits per heavy atom. The molecule has 4 rings (SSSR count). The molecular weight excluding hydrogens is 456 g/mol. The molecule has 0 spiro atoms. The molecule has 0 bridgehead atoms. The smallest absolute Gasteiger partial charge is 0.159 e. The molecule has 4 aliphatic carbocycles. The van der Waals surface area contributed by atoms with E-state index in [0.717, 1.165) is 24.8 Å². The van der Waals surface area contributed by atoms with E-state index < -0.39 is 29.0 Å². The topological polar surface area (TPSA) is 115 Å². The second-order valence-electron chi connectivity index (χ2n) is 13.5. The maximum absolute atomic E-state index is 13.9. The minimum atomic E-state index is -1.29. The van der Waals surface area contributed by atoms with Crippen molar-refractivity contribution in [2.24, 2.45) is 39.4 Å². The van der Waals surface area contributed by atoms with Crippen molar-refractivity contribution in [1.29, 1.82) is 0 Å². The fourth-order valence-electron chi connectivity index (χ4n) is 9.07. The fraction of sp³-hybridized carbons (Fsp3) is 0.767. The van der Waals surface area contributed by atoms with Gasteiger partial charge in [0.05, 0.1) is 18.2 Å². The van der Waals surface area contributed by atoms with Gasteiger partial charge in [0.25, 0.3) is 0 Å². The van der Waals surface area contributed by atoms with Gasteiger partial charge in [-0.3, -0.25) is 9.59 Å². The van der Waals surface area contributed by atoms with Crippen molar-refractivity contribution in [2.45, 2.75) is 106 Å². The number of rotatable bonds is 5. The standard InChI is InChI=1S/C30H44O6/c1-16(12-18(31)13-17(2)26(35)36)20-14-24(34)30(7)25-19(8-11-29(20,30)6)28(5)10-9-23(33)27(3,4)22(28)15-21(25)32/h13,16,18,20,22,24,31,34H,8-12,14-15H2,1-7H3,(H,35,36)/p-1/b17-13+/t16-,18+,20-,22?,24+,28-,29-,30+/m1/s1. The fourth-order valence-corrected chi connectivity index (χ4v) is 9.07. The third-order valence-corrected chi connectivity index (χ3v) is 11.5. The van der Waals surface area contributed by atoms with Crippen LogP contribution in [0.15, 0.2) is 22.8 Å². The van der Waals surface area contributed by atoms with Crippen LogP contribution < -0.4 is 5.11 Å². The number of aliphatic hydroxyl groups excluding tert-OH is 2. The van der Waals surface area contributed by atoms with Crippen LogP contribution in [0.4, 0.5) is 0 Å². The number of aliphatic carboxylic acids is 1. The van der Waals surface area contributed by atoms with Gasteiger partial charge in [-0.05, 0) is 73.2 Å². The summed E-state index contributed by atoms with van der Waals surface area (Å²) in [7, 11) is 0. The number of hydrogen-bond donors (Lipinski definition) is 2. The van der Waals surface area contributed by atoms with E-state index in [-0.39, 0.29) is 45.7 Å². The van der Waals surface area contributed by atoms with E-state index in [2.05, 4.69) is 27.7 Å². The summed E-state index contributed by atoms with van der Waals surface area (Å²) in [6, 6.07) is 0. The maximum Gasteiger partial charge on any atom is 0.159 e. The quantitative estimate of drug-likeness (QED) is 0.559. The van der Waals surface area contributed by atoms with Gasteiger partial charge in [0.2, 0.25) is 0 Å². The number of hydrogen-bond acceptors (Lipinski definition) is 6. The van der Waals surface area contributed by atoms with Gasteiger partial charge < -0.3 is 20.1 Å². The first kappa shape index (κ1) is 27.3. The first-order valence-corrected chi connectivity index (χ1v) is 13.6. The summed E-state index contributed by atoms with van der Waals surface area (Å²) in [5.74, 6) is -0.899. The predicted octanol–water partition coefficient (Wildman–Crippen LogP) is 3.54. The maximum atomic E-state index is 13.9. The molecule has 2 saturated carbocycles. The Balaban J connectivity index is 1.72. The van der Waals surface area contributed by atoms with Crippen LogP contribution in [0.2, 0.25) is 0 Å². The highest BCUT2D eigenvalue weighted by molar-refractivity contribution is 6.01. The zero-order valence-corrected chi connectivity index (χ0v) is 22.9. The highest BCUT2D eigenvalue weighted by Gasteiger charge is 2.68. The van der Waals surface area contributed by atoms with Crippen LogP contribution in [0.5, 0.6) is 0 Å². The van der Waals surface area contributed by atoms with Crippen molar-refractivity contribution < 1.29 is 29.7 Å². The average Bonchev–Trinajstić information content (AvgIpc) is 2.99. The van der Waals surface area contributed by atoms with Gasteiger partial charge in [-0.1, -0.05) is 53.2 Å². The average molecular weight is 500 g/mol. The number of ketones is 2. The van der Waals surface area contributed by atoms with Crippen molar-refractivity contribution in [2.75, 3.05) is 0 Å².